The van der Waals surface area contributed by atoms with E-state index in [4.69, 9.17) is 0 Å². The lowest BCUT2D eigenvalue weighted by atomic mass is 10.0. The highest BCUT2D eigenvalue weighted by Gasteiger charge is 2.12. The Morgan fingerprint density at radius 3 is 2.30 bits per heavy atom. The van der Waals surface area contributed by atoms with Gasteiger partial charge in [-0.3, -0.25) is 9.48 Å². The summed E-state index contributed by atoms with van der Waals surface area (Å²) in [5.74, 6) is -0.0570. The molecule has 140 valence electrons. The van der Waals surface area contributed by atoms with Crippen LogP contribution >= 0.6 is 0 Å². The van der Waals surface area contributed by atoms with Crippen LogP contribution in [-0.4, -0.2) is 15.7 Å². The molecule has 3 rings (SSSR count). The lowest BCUT2D eigenvalue weighted by Gasteiger charge is -2.16. The number of benzene rings is 2. The third-order valence-electron chi connectivity index (χ3n) is 5.03. The van der Waals surface area contributed by atoms with Crippen molar-refractivity contribution in [3.63, 3.8) is 0 Å². The predicted octanol–water partition coefficient (Wildman–Crippen LogP) is 4.66. The fourth-order valence-corrected chi connectivity index (χ4v) is 3.17. The van der Waals surface area contributed by atoms with Crippen molar-refractivity contribution in [3.05, 3.63) is 87.7 Å². The van der Waals surface area contributed by atoms with Crippen LogP contribution in [0, 0.1) is 27.7 Å². The van der Waals surface area contributed by atoms with Crippen LogP contribution in [0.25, 0.3) is 0 Å². The predicted molar refractivity (Wildman–Crippen MR) is 109 cm³/mol. The van der Waals surface area contributed by atoms with Gasteiger partial charge in [0.15, 0.2) is 0 Å². The molecular formula is C23H27N3O. The summed E-state index contributed by atoms with van der Waals surface area (Å²) in [7, 11) is 0. The molecule has 0 saturated heterocycles. The van der Waals surface area contributed by atoms with Crippen LogP contribution in [0.2, 0.25) is 0 Å². The summed E-state index contributed by atoms with van der Waals surface area (Å²) in [4.78, 5) is 12.6. The molecule has 0 fully saturated rings. The zero-order chi connectivity index (χ0) is 19.6. The van der Waals surface area contributed by atoms with Gasteiger partial charge >= 0.3 is 0 Å². The molecule has 0 saturated carbocycles. The minimum absolute atomic E-state index is 0.0359. The van der Waals surface area contributed by atoms with E-state index in [1.165, 1.54) is 11.1 Å². The standard InChI is InChI=1S/C23H27N3O/c1-15-6-9-22(12-16(15)2)19(5)24-23(27)21-10-7-20(8-11-21)14-26-18(4)13-17(3)25-26/h6-13,19H,14H2,1-5H3,(H,24,27)/t19-/m1/s1. The van der Waals surface area contributed by atoms with Gasteiger partial charge in [-0.15, -0.1) is 0 Å². The quantitative estimate of drug-likeness (QED) is 0.719. The Bertz CT molecular complexity index is 954. The van der Waals surface area contributed by atoms with E-state index in [9.17, 15) is 4.79 Å². The van der Waals surface area contributed by atoms with Gasteiger partial charge in [0.25, 0.3) is 5.91 Å². The smallest absolute Gasteiger partial charge is 0.251 e. The molecule has 0 radical (unpaired) electrons. The number of rotatable bonds is 5. The summed E-state index contributed by atoms with van der Waals surface area (Å²) < 4.78 is 1.98. The number of aryl methyl sites for hydroxylation is 4. The van der Waals surface area contributed by atoms with E-state index in [-0.39, 0.29) is 11.9 Å². The average Bonchev–Trinajstić information content (AvgIpc) is 2.95. The van der Waals surface area contributed by atoms with E-state index in [2.05, 4.69) is 55.5 Å². The number of hydrogen-bond donors (Lipinski definition) is 1. The molecule has 4 heteroatoms. The number of nitrogens with one attached hydrogen (secondary N) is 1. The zero-order valence-corrected chi connectivity index (χ0v) is 16.7. The maximum Gasteiger partial charge on any atom is 0.251 e. The highest BCUT2D eigenvalue weighted by molar-refractivity contribution is 5.94. The van der Waals surface area contributed by atoms with Crippen molar-refractivity contribution < 1.29 is 4.79 Å². The molecule has 0 aliphatic heterocycles. The van der Waals surface area contributed by atoms with Crippen LogP contribution in [-0.2, 0) is 6.54 Å². The highest BCUT2D eigenvalue weighted by atomic mass is 16.1. The van der Waals surface area contributed by atoms with Crippen molar-refractivity contribution >= 4 is 5.91 Å². The number of amides is 1. The maximum absolute atomic E-state index is 12.6. The molecule has 1 aromatic heterocycles. The lowest BCUT2D eigenvalue weighted by Crippen LogP contribution is -2.26. The number of carbonyl (C=O) groups excluding carboxylic acids is 1. The van der Waals surface area contributed by atoms with Crippen molar-refractivity contribution in [2.75, 3.05) is 0 Å². The first kappa shape index (κ1) is 18.9. The average molecular weight is 361 g/mol. The van der Waals surface area contributed by atoms with Gasteiger partial charge in [0.1, 0.15) is 0 Å². The highest BCUT2D eigenvalue weighted by Crippen LogP contribution is 2.17. The van der Waals surface area contributed by atoms with Crippen LogP contribution in [0.3, 0.4) is 0 Å². The molecule has 0 aliphatic carbocycles. The monoisotopic (exact) mass is 361 g/mol. The van der Waals surface area contributed by atoms with Gasteiger partial charge in [0, 0.05) is 11.3 Å². The van der Waals surface area contributed by atoms with E-state index in [0.29, 0.717) is 12.1 Å². The first-order valence-corrected chi connectivity index (χ1v) is 9.31. The molecule has 0 aliphatic rings. The van der Waals surface area contributed by atoms with Crippen LogP contribution in [0.15, 0.2) is 48.5 Å². The lowest BCUT2D eigenvalue weighted by molar-refractivity contribution is 0.0940. The number of hydrogen-bond acceptors (Lipinski definition) is 2. The molecule has 4 nitrogen and oxygen atoms in total. The van der Waals surface area contributed by atoms with Gasteiger partial charge in [-0.05, 0) is 75.1 Å². The van der Waals surface area contributed by atoms with E-state index in [0.717, 1.165) is 22.5 Å². The molecule has 27 heavy (non-hydrogen) atoms. The van der Waals surface area contributed by atoms with Crippen molar-refractivity contribution in [1.29, 1.82) is 0 Å². The topological polar surface area (TPSA) is 46.9 Å². The summed E-state index contributed by atoms with van der Waals surface area (Å²) in [6.07, 6.45) is 0. The summed E-state index contributed by atoms with van der Waals surface area (Å²) in [6.45, 7) is 11.0. The van der Waals surface area contributed by atoms with Gasteiger partial charge < -0.3 is 5.32 Å². The van der Waals surface area contributed by atoms with Crippen LogP contribution in [0.4, 0.5) is 0 Å². The molecule has 1 heterocycles. The van der Waals surface area contributed by atoms with Crippen molar-refractivity contribution in [2.24, 2.45) is 0 Å². The SMILES string of the molecule is Cc1cc(C)n(Cc2ccc(C(=O)N[C@H](C)c3ccc(C)c(C)c3)cc2)n1. The summed E-state index contributed by atoms with van der Waals surface area (Å²) in [6, 6.07) is 16.1. The Hall–Kier alpha value is -2.88. The first-order chi connectivity index (χ1) is 12.8. The second-order valence-corrected chi connectivity index (χ2v) is 7.32. The largest absolute Gasteiger partial charge is 0.346 e. The Morgan fingerprint density at radius 1 is 1.00 bits per heavy atom. The van der Waals surface area contributed by atoms with Gasteiger partial charge in [0.2, 0.25) is 0 Å². The minimum Gasteiger partial charge on any atom is -0.346 e. The van der Waals surface area contributed by atoms with Gasteiger partial charge in [-0.2, -0.15) is 5.10 Å². The third-order valence-corrected chi connectivity index (χ3v) is 5.03. The maximum atomic E-state index is 12.6. The van der Waals surface area contributed by atoms with E-state index in [1.54, 1.807) is 0 Å². The molecule has 1 amide bonds. The van der Waals surface area contributed by atoms with Crippen molar-refractivity contribution in [2.45, 2.75) is 47.2 Å². The molecule has 0 bridgehead atoms. The molecule has 3 aromatic rings. The molecule has 1 N–H and O–H groups in total. The Labute approximate surface area is 161 Å². The normalized spacial score (nSPS) is 12.0. The summed E-state index contributed by atoms with van der Waals surface area (Å²) >= 11 is 0. The van der Waals surface area contributed by atoms with Crippen molar-refractivity contribution in [3.8, 4) is 0 Å². The Morgan fingerprint density at radius 2 is 1.70 bits per heavy atom. The molecule has 2 aromatic carbocycles. The fourth-order valence-electron chi connectivity index (χ4n) is 3.17. The summed E-state index contributed by atoms with van der Waals surface area (Å²) in [5, 5.41) is 7.57. The summed E-state index contributed by atoms with van der Waals surface area (Å²) in [5.41, 5.74) is 7.56. The minimum atomic E-state index is -0.0570. The molecular weight excluding hydrogens is 334 g/mol. The van der Waals surface area contributed by atoms with E-state index < -0.39 is 0 Å². The van der Waals surface area contributed by atoms with Crippen LogP contribution in [0.5, 0.6) is 0 Å². The molecule has 0 spiro atoms. The number of carbonyl (C=O) groups is 1. The van der Waals surface area contributed by atoms with Crippen LogP contribution < -0.4 is 5.32 Å². The molecule has 1 atom stereocenters. The fraction of sp³-hybridized carbons (Fsp3) is 0.304. The third kappa shape index (κ3) is 4.45. The Kier molecular flexibility index (Phi) is 5.45. The van der Waals surface area contributed by atoms with Gasteiger partial charge in [-0.1, -0.05) is 30.3 Å². The van der Waals surface area contributed by atoms with Gasteiger partial charge in [0.05, 0.1) is 18.3 Å². The second-order valence-electron chi connectivity index (χ2n) is 7.32. The van der Waals surface area contributed by atoms with Crippen LogP contribution in [0.1, 0.15) is 57.0 Å². The van der Waals surface area contributed by atoms with E-state index in [1.807, 2.05) is 42.8 Å². The van der Waals surface area contributed by atoms with Gasteiger partial charge in [-0.25, -0.2) is 0 Å². The van der Waals surface area contributed by atoms with Crippen molar-refractivity contribution in [1.82, 2.24) is 15.1 Å². The first-order valence-electron chi connectivity index (χ1n) is 9.31. The van der Waals surface area contributed by atoms with E-state index >= 15 is 0 Å². The number of nitrogens with zero attached hydrogens (tertiary/aromatic N) is 2. The number of aromatic nitrogens is 2. The zero-order valence-electron chi connectivity index (χ0n) is 16.7. The Balaban J connectivity index is 1.66. The second kappa shape index (κ2) is 7.78. The molecule has 0 unspecified atom stereocenters.